The number of aliphatic hydroxyl groups excluding tert-OH is 3. The molecule has 72 heavy (non-hydrogen) atoms. The fourth-order valence-corrected chi connectivity index (χ4v) is 13.3. The third-order valence-electron chi connectivity index (χ3n) is 16.3. The summed E-state index contributed by atoms with van der Waals surface area (Å²) in [6.07, 6.45) is 1.68. The fraction of sp³-hybridized carbons (Fsp3) is 0.418. The van der Waals surface area contributed by atoms with Gasteiger partial charge >= 0.3 is 0 Å². The molecule has 0 radical (unpaired) electrons. The van der Waals surface area contributed by atoms with Crippen molar-refractivity contribution in [1.82, 2.24) is 15.0 Å². The Bertz CT molecular complexity index is 3040. The molecule has 0 unspecified atom stereocenters. The van der Waals surface area contributed by atoms with Crippen molar-refractivity contribution in [2.75, 3.05) is 28.2 Å². The average molecular weight is 999 g/mol. The lowest BCUT2D eigenvalue weighted by atomic mass is 9.57. The van der Waals surface area contributed by atoms with E-state index in [4.69, 9.17) is 19.4 Å². The lowest BCUT2D eigenvalue weighted by Gasteiger charge is -2.55. The highest BCUT2D eigenvalue weighted by Crippen LogP contribution is 2.59. The van der Waals surface area contributed by atoms with E-state index < -0.39 is 89.7 Å². The summed E-state index contributed by atoms with van der Waals surface area (Å²) >= 11 is 0. The Hall–Kier alpha value is -6.50. The van der Waals surface area contributed by atoms with Gasteiger partial charge in [-0.1, -0.05) is 99.6 Å². The Morgan fingerprint density at radius 2 is 1.28 bits per heavy atom. The number of benzene rings is 3. The largest absolute Gasteiger partial charge is 0.508 e. The molecular weight excluding hydrogens is 937 g/mol. The van der Waals surface area contributed by atoms with Gasteiger partial charge < -0.3 is 39.8 Å². The predicted molar refractivity (Wildman–Crippen MR) is 268 cm³/mol. The summed E-state index contributed by atoms with van der Waals surface area (Å²) in [6, 6.07) is 22.8. The number of rotatable bonds is 8. The number of carbonyl (C=O) groups is 5. The van der Waals surface area contributed by atoms with Gasteiger partial charge in [-0.3, -0.25) is 33.8 Å². The summed E-state index contributed by atoms with van der Waals surface area (Å²) in [6.45, 7) is 10.5. The molecule has 2 saturated carbocycles. The van der Waals surface area contributed by atoms with Gasteiger partial charge in [0.2, 0.25) is 17.3 Å². The van der Waals surface area contributed by atoms with E-state index in [0.29, 0.717) is 36.1 Å². The molecule has 1 heterocycles. The number of primary amides is 1. The highest BCUT2D eigenvalue weighted by atomic mass is 28.4. The zero-order chi connectivity index (χ0) is 52.1. The number of aromatic nitrogens is 1. The lowest BCUT2D eigenvalue weighted by molar-refractivity contribution is -0.153. The Morgan fingerprint density at radius 3 is 1.81 bits per heavy atom. The quantitative estimate of drug-likeness (QED) is 0.0692. The summed E-state index contributed by atoms with van der Waals surface area (Å²) < 4.78 is 19.1. The number of ketones is 4. The van der Waals surface area contributed by atoms with Crippen molar-refractivity contribution in [3.8, 4) is 5.88 Å². The van der Waals surface area contributed by atoms with Gasteiger partial charge in [0.25, 0.3) is 11.8 Å². The summed E-state index contributed by atoms with van der Waals surface area (Å²) in [5, 5.41) is 48.4. The number of nitrogens with zero attached hydrogens (tertiary/aromatic N) is 3. The normalized spacial score (nSPS) is 27.8. The maximum absolute atomic E-state index is 15.1. The average Bonchev–Trinajstić information content (AvgIpc) is 3.74. The number of likely N-dealkylation sites (N-methyl/N-ethyl adjacent to an activating group) is 1. The van der Waals surface area contributed by atoms with Gasteiger partial charge in [-0.05, 0) is 106 Å². The van der Waals surface area contributed by atoms with Gasteiger partial charge in [-0.2, -0.15) is 0 Å². The monoisotopic (exact) mass is 998 g/mol. The number of aliphatic hydroxyl groups is 4. The van der Waals surface area contributed by atoms with Gasteiger partial charge in [-0.15, -0.1) is 0 Å². The van der Waals surface area contributed by atoms with E-state index >= 15 is 9.59 Å². The van der Waals surface area contributed by atoms with Crippen LogP contribution in [0.4, 0.5) is 0 Å². The Morgan fingerprint density at radius 1 is 0.764 bits per heavy atom. The second-order valence-corrected chi connectivity index (χ2v) is 26.7. The minimum absolute atomic E-state index is 0.00433. The van der Waals surface area contributed by atoms with Crippen LogP contribution in [0.5, 0.6) is 5.88 Å². The smallest absolute Gasteiger partial charge is 0.265 e. The lowest BCUT2D eigenvalue weighted by Crippen LogP contribution is -2.68. The number of fused-ring (bicyclic) bond motifs is 7. The van der Waals surface area contributed by atoms with Gasteiger partial charge in [-0.25, -0.2) is 0 Å². The van der Waals surface area contributed by atoms with Crippen LogP contribution in [0.25, 0.3) is 11.5 Å². The molecule has 10 rings (SSSR count). The van der Waals surface area contributed by atoms with Crippen LogP contribution in [-0.4, -0.2) is 118 Å². The van der Waals surface area contributed by atoms with E-state index in [9.17, 15) is 34.8 Å². The molecule has 8 atom stereocenters. The summed E-state index contributed by atoms with van der Waals surface area (Å²) in [4.78, 5) is 71.8. The first-order chi connectivity index (χ1) is 33.9. The van der Waals surface area contributed by atoms with Crippen molar-refractivity contribution in [3.63, 3.8) is 0 Å². The number of hydrogen-bond acceptors (Lipinski definition) is 15. The summed E-state index contributed by atoms with van der Waals surface area (Å²) in [7, 11) is 4.26. The van der Waals surface area contributed by atoms with Crippen LogP contribution in [0, 0.1) is 23.7 Å². The Balaban J connectivity index is 0.000000192. The highest BCUT2D eigenvalue weighted by Gasteiger charge is 2.69. The van der Waals surface area contributed by atoms with Crippen LogP contribution in [0.15, 0.2) is 106 Å². The molecule has 6 aliphatic rings. The molecule has 16 nitrogen and oxygen atoms in total. The molecule has 3 aromatic carbocycles. The number of carbonyl (C=O) groups excluding carboxylic acids is 5. The van der Waals surface area contributed by atoms with Crippen LogP contribution in [0.3, 0.4) is 0 Å². The molecule has 0 spiro atoms. The van der Waals surface area contributed by atoms with E-state index in [0.717, 1.165) is 16.7 Å². The number of amides is 1. The van der Waals surface area contributed by atoms with Gasteiger partial charge in [0.15, 0.2) is 31.1 Å². The van der Waals surface area contributed by atoms with Crippen molar-refractivity contribution in [2.45, 2.75) is 94.5 Å². The first-order valence-corrected chi connectivity index (χ1v) is 27.2. The van der Waals surface area contributed by atoms with Crippen molar-refractivity contribution in [3.05, 3.63) is 140 Å². The molecule has 4 aromatic rings. The van der Waals surface area contributed by atoms with Crippen LogP contribution >= 0.6 is 0 Å². The zero-order valence-corrected chi connectivity index (χ0v) is 43.0. The molecule has 6 N–H and O–H groups in total. The standard InChI is InChI=1S/C34H40N2O6Si.C21H22N2O6/c1-33(2,3)43(6,7)42-34-24(18-22-17-21-15-11-12-16-23(21)28(37)25(22)30(34)38)27(36(4)5)29-26(31(34)39)32(35-41-29)40-19-20-13-9-8-10-14-20;1-23(2)15-12-8-10-7-9-5-3-4-6-11(9)16(24)13(10)18(26)21(12,29)19(27)14(17(15)25)20(22)28/h8-16,22,24,27,37H,17-19H2,1-7H3;3-6,10,12,15,24,27,29H,7-8H2,1-2H3,(H2,22,28)/t22-,24-,27-,34-;10-,12-,15-,21-/m00/s1. The van der Waals surface area contributed by atoms with Crippen molar-refractivity contribution in [1.29, 1.82) is 0 Å². The first kappa shape index (κ1) is 50.4. The van der Waals surface area contributed by atoms with Crippen LogP contribution in [-0.2, 0) is 43.1 Å². The van der Waals surface area contributed by atoms with Gasteiger partial charge in [0.1, 0.15) is 35.0 Å². The minimum atomic E-state index is -2.75. The first-order valence-electron chi connectivity index (χ1n) is 24.2. The van der Waals surface area contributed by atoms with Crippen molar-refractivity contribution < 1.29 is 58.1 Å². The highest BCUT2D eigenvalue weighted by molar-refractivity contribution is 6.74. The van der Waals surface area contributed by atoms with E-state index in [2.05, 4.69) is 39.0 Å². The second-order valence-electron chi connectivity index (χ2n) is 21.9. The van der Waals surface area contributed by atoms with E-state index in [1.54, 1.807) is 26.2 Å². The van der Waals surface area contributed by atoms with Crippen molar-refractivity contribution in [2.24, 2.45) is 29.4 Å². The Kier molecular flexibility index (Phi) is 12.5. The molecule has 378 valence electrons. The predicted octanol–water partition coefficient (Wildman–Crippen LogP) is 6.80. The summed E-state index contributed by atoms with van der Waals surface area (Å²) in [5.74, 6) is -6.94. The number of hydrogen-bond donors (Lipinski definition) is 5. The number of Topliss-reactive ketones (excluding diaryl/α,β-unsaturated/α-hetero) is 4. The third kappa shape index (κ3) is 7.61. The molecule has 0 aliphatic heterocycles. The second kappa shape index (κ2) is 17.9. The molecular formula is C55H62N4O12Si. The van der Waals surface area contributed by atoms with Crippen LogP contribution < -0.4 is 10.5 Å². The van der Waals surface area contributed by atoms with Crippen LogP contribution in [0.2, 0.25) is 18.1 Å². The maximum Gasteiger partial charge on any atom is 0.265 e. The minimum Gasteiger partial charge on any atom is -0.508 e. The Labute approximate surface area is 418 Å². The van der Waals surface area contributed by atoms with E-state index in [1.165, 1.54) is 4.90 Å². The molecule has 1 aromatic heterocycles. The fourth-order valence-electron chi connectivity index (χ4n) is 11.9. The number of ether oxygens (including phenoxy) is 1. The van der Waals surface area contributed by atoms with E-state index in [-0.39, 0.29) is 58.1 Å². The molecule has 0 bridgehead atoms. The summed E-state index contributed by atoms with van der Waals surface area (Å²) in [5.41, 5.74) is 4.43. The zero-order valence-electron chi connectivity index (χ0n) is 42.0. The van der Waals surface area contributed by atoms with Gasteiger partial charge in [0, 0.05) is 34.1 Å². The molecule has 1 amide bonds. The van der Waals surface area contributed by atoms with Crippen LogP contribution in [0.1, 0.15) is 83.6 Å². The number of nitrogens with two attached hydrogens (primary N) is 1. The molecule has 6 aliphatic carbocycles. The molecule has 0 saturated heterocycles. The van der Waals surface area contributed by atoms with Gasteiger partial charge in [0.05, 0.1) is 12.1 Å². The van der Waals surface area contributed by atoms with E-state index in [1.807, 2.05) is 85.7 Å². The topological polar surface area (TPSA) is 243 Å². The third-order valence-corrected chi connectivity index (χ3v) is 20.8. The molecule has 17 heteroatoms. The van der Waals surface area contributed by atoms with Crippen molar-refractivity contribution >= 4 is 48.9 Å². The SMILES string of the molecule is CN(C)[C@@H]1C(=O)C(C(N)=O)=C(O)[C@@]2(O)C(=O)C3=C(O)c4ccccc4C[C@H]3C[C@@H]12.CN(C)[C@@H]1c2onc(OCc3ccccc3)c2C(=O)[C@@]2(O[Si](C)(C)C(C)(C)C)C(=O)C3=C(O)c4ccccc4C[C@H]3C[C@@H]12. The molecule has 2 fully saturated rings. The maximum atomic E-state index is 15.1.